The largest absolute Gasteiger partial charge is 0.378 e. The van der Waals surface area contributed by atoms with Crippen molar-refractivity contribution in [3.8, 4) is 0 Å². The van der Waals surface area contributed by atoms with Gasteiger partial charge in [-0.05, 0) is 46.0 Å². The summed E-state index contributed by atoms with van der Waals surface area (Å²) >= 11 is 0. The van der Waals surface area contributed by atoms with Gasteiger partial charge >= 0.3 is 0 Å². The molecule has 2 N–H and O–H groups in total. The molecule has 0 aromatic heterocycles. The van der Waals surface area contributed by atoms with E-state index in [1.165, 1.54) is 0 Å². The number of carbonyl (C=O) groups is 1. The van der Waals surface area contributed by atoms with Crippen molar-refractivity contribution < 1.29 is 9.53 Å². The van der Waals surface area contributed by atoms with Gasteiger partial charge in [0, 0.05) is 45.2 Å². The topological polar surface area (TPSA) is 66.0 Å². The van der Waals surface area contributed by atoms with Crippen molar-refractivity contribution in [3.05, 3.63) is 0 Å². The molecular weight excluding hydrogens is 419 g/mol. The number of hydrogen-bond donors (Lipinski definition) is 2. The Balaban J connectivity index is 0.00000288. The average molecular weight is 452 g/mol. The number of nitrogens with one attached hydrogen (secondary N) is 2. The summed E-state index contributed by atoms with van der Waals surface area (Å²) < 4.78 is 5.70. The summed E-state index contributed by atoms with van der Waals surface area (Å²) in [5.74, 6) is 1.15. The lowest BCUT2D eigenvalue weighted by atomic mass is 10.1. The van der Waals surface area contributed by atoms with E-state index in [4.69, 9.17) is 4.74 Å². The second kappa shape index (κ2) is 11.9. The highest BCUT2D eigenvalue weighted by molar-refractivity contribution is 14.0. The Labute approximate surface area is 163 Å². The first-order valence-electron chi connectivity index (χ1n) is 9.17. The Morgan fingerprint density at radius 3 is 2.50 bits per heavy atom. The Kier molecular flexibility index (Phi) is 10.6. The predicted molar refractivity (Wildman–Crippen MR) is 108 cm³/mol. The highest BCUT2D eigenvalue weighted by Crippen LogP contribution is 2.18. The number of piperidine rings is 1. The van der Waals surface area contributed by atoms with E-state index >= 15 is 0 Å². The van der Waals surface area contributed by atoms with Crippen molar-refractivity contribution in [1.82, 2.24) is 15.5 Å². The van der Waals surface area contributed by atoms with E-state index in [0.29, 0.717) is 25.1 Å². The van der Waals surface area contributed by atoms with Gasteiger partial charge in [0.25, 0.3) is 0 Å². The van der Waals surface area contributed by atoms with Crippen LogP contribution in [-0.2, 0) is 9.53 Å². The maximum Gasteiger partial charge on any atom is 0.220 e. The predicted octanol–water partition coefficient (Wildman–Crippen LogP) is 2.13. The van der Waals surface area contributed by atoms with E-state index < -0.39 is 0 Å². The summed E-state index contributed by atoms with van der Waals surface area (Å²) in [6, 6.07) is 0.454. The smallest absolute Gasteiger partial charge is 0.220 e. The monoisotopic (exact) mass is 452 g/mol. The molecule has 0 radical (unpaired) electrons. The molecule has 2 aliphatic rings. The maximum atomic E-state index is 11.7. The Bertz CT molecular complexity index is 394. The minimum Gasteiger partial charge on any atom is -0.378 e. The third kappa shape index (κ3) is 8.00. The second-order valence-corrected chi connectivity index (χ2v) is 6.32. The first kappa shape index (κ1) is 21.5. The van der Waals surface area contributed by atoms with Gasteiger partial charge < -0.3 is 20.3 Å². The molecule has 140 valence electrons. The number of carbonyl (C=O) groups excluding carboxylic acids is 1. The SMILES string of the molecule is CCNC(=NCCCC(=O)NC1CC1)N1CCC(OCC)CC1.I. The van der Waals surface area contributed by atoms with Gasteiger partial charge in [0.05, 0.1) is 6.10 Å². The number of nitrogens with zero attached hydrogens (tertiary/aromatic N) is 2. The van der Waals surface area contributed by atoms with Crippen molar-refractivity contribution in [2.45, 2.75) is 64.5 Å². The van der Waals surface area contributed by atoms with Crippen molar-refractivity contribution >= 4 is 35.8 Å². The van der Waals surface area contributed by atoms with Crippen LogP contribution in [0.25, 0.3) is 0 Å². The van der Waals surface area contributed by atoms with Crippen molar-refractivity contribution in [1.29, 1.82) is 0 Å². The van der Waals surface area contributed by atoms with Crippen molar-refractivity contribution in [2.75, 3.05) is 32.8 Å². The molecule has 0 atom stereocenters. The zero-order valence-corrected chi connectivity index (χ0v) is 17.4. The van der Waals surface area contributed by atoms with Crippen LogP contribution in [0.4, 0.5) is 0 Å². The number of aliphatic imine (C=N–C) groups is 1. The van der Waals surface area contributed by atoms with E-state index in [9.17, 15) is 4.79 Å². The van der Waals surface area contributed by atoms with E-state index in [0.717, 1.165) is 64.3 Å². The highest BCUT2D eigenvalue weighted by atomic mass is 127. The summed E-state index contributed by atoms with van der Waals surface area (Å²) in [6.07, 6.45) is 6.18. The lowest BCUT2D eigenvalue weighted by Crippen LogP contribution is -2.47. The number of amides is 1. The van der Waals surface area contributed by atoms with Crippen LogP contribution >= 0.6 is 24.0 Å². The molecule has 1 amide bonds. The molecular formula is C17H33IN4O2. The van der Waals surface area contributed by atoms with Gasteiger partial charge in [0.15, 0.2) is 5.96 Å². The zero-order chi connectivity index (χ0) is 16.5. The minimum atomic E-state index is 0. The summed E-state index contributed by atoms with van der Waals surface area (Å²) in [6.45, 7) is 8.47. The summed E-state index contributed by atoms with van der Waals surface area (Å²) in [4.78, 5) is 18.7. The lowest BCUT2D eigenvalue weighted by Gasteiger charge is -2.34. The Morgan fingerprint density at radius 1 is 1.21 bits per heavy atom. The number of ether oxygens (including phenoxy) is 1. The maximum absolute atomic E-state index is 11.7. The molecule has 1 saturated carbocycles. The zero-order valence-electron chi connectivity index (χ0n) is 15.1. The Hall–Kier alpha value is -0.570. The quantitative estimate of drug-likeness (QED) is 0.256. The van der Waals surface area contributed by atoms with Gasteiger partial charge in [-0.2, -0.15) is 0 Å². The van der Waals surface area contributed by atoms with E-state index in [-0.39, 0.29) is 29.9 Å². The molecule has 0 aromatic carbocycles. The summed E-state index contributed by atoms with van der Waals surface area (Å²) in [5, 5.41) is 6.38. The van der Waals surface area contributed by atoms with Gasteiger partial charge in [0.2, 0.25) is 5.91 Å². The molecule has 0 bridgehead atoms. The van der Waals surface area contributed by atoms with Crippen LogP contribution in [0.3, 0.4) is 0 Å². The van der Waals surface area contributed by atoms with Crippen molar-refractivity contribution in [3.63, 3.8) is 0 Å². The summed E-state index contributed by atoms with van der Waals surface area (Å²) in [7, 11) is 0. The van der Waals surface area contributed by atoms with Gasteiger partial charge in [-0.3, -0.25) is 9.79 Å². The van der Waals surface area contributed by atoms with E-state index in [1.807, 2.05) is 0 Å². The summed E-state index contributed by atoms with van der Waals surface area (Å²) in [5.41, 5.74) is 0. The third-order valence-corrected chi connectivity index (χ3v) is 4.24. The fourth-order valence-corrected chi connectivity index (χ4v) is 2.85. The second-order valence-electron chi connectivity index (χ2n) is 6.32. The number of likely N-dealkylation sites (tertiary alicyclic amines) is 1. The fraction of sp³-hybridized carbons (Fsp3) is 0.882. The van der Waals surface area contributed by atoms with Crippen LogP contribution < -0.4 is 10.6 Å². The van der Waals surface area contributed by atoms with Crippen LogP contribution in [0.1, 0.15) is 52.4 Å². The Morgan fingerprint density at radius 2 is 1.92 bits per heavy atom. The molecule has 1 aliphatic carbocycles. The normalized spacial score (nSPS) is 18.9. The first-order chi connectivity index (χ1) is 11.2. The molecule has 0 unspecified atom stereocenters. The number of halogens is 1. The van der Waals surface area contributed by atoms with Gasteiger partial charge in [0.1, 0.15) is 0 Å². The number of guanidine groups is 1. The van der Waals surface area contributed by atoms with Crippen LogP contribution in [0.15, 0.2) is 4.99 Å². The molecule has 24 heavy (non-hydrogen) atoms. The number of rotatable bonds is 8. The molecule has 0 spiro atoms. The van der Waals surface area contributed by atoms with Gasteiger partial charge in [-0.15, -0.1) is 24.0 Å². The molecule has 1 saturated heterocycles. The molecule has 1 heterocycles. The highest BCUT2D eigenvalue weighted by Gasteiger charge is 2.23. The van der Waals surface area contributed by atoms with E-state index in [2.05, 4.69) is 34.4 Å². The van der Waals surface area contributed by atoms with Crippen LogP contribution in [-0.4, -0.2) is 61.7 Å². The van der Waals surface area contributed by atoms with Crippen LogP contribution in [0.2, 0.25) is 0 Å². The standard InChI is InChI=1S/C17H32N4O2.HI/c1-3-18-17(21-12-9-15(10-13-21)23-4-2)19-11-5-6-16(22)20-14-7-8-14;/h14-15H,3-13H2,1-2H3,(H,18,19)(H,20,22);1H. The molecule has 2 rings (SSSR count). The first-order valence-corrected chi connectivity index (χ1v) is 9.17. The molecule has 2 fully saturated rings. The molecule has 0 aromatic rings. The van der Waals surface area contributed by atoms with Crippen molar-refractivity contribution in [2.24, 2.45) is 4.99 Å². The molecule has 6 nitrogen and oxygen atoms in total. The molecule has 1 aliphatic heterocycles. The lowest BCUT2D eigenvalue weighted by molar-refractivity contribution is -0.121. The van der Waals surface area contributed by atoms with Crippen LogP contribution in [0, 0.1) is 0 Å². The van der Waals surface area contributed by atoms with E-state index in [1.54, 1.807) is 0 Å². The van der Waals surface area contributed by atoms with Crippen LogP contribution in [0.5, 0.6) is 0 Å². The number of hydrogen-bond acceptors (Lipinski definition) is 3. The van der Waals surface area contributed by atoms with Gasteiger partial charge in [-0.1, -0.05) is 0 Å². The fourth-order valence-electron chi connectivity index (χ4n) is 2.85. The average Bonchev–Trinajstić information content (AvgIpc) is 3.35. The third-order valence-electron chi connectivity index (χ3n) is 4.24. The van der Waals surface area contributed by atoms with Gasteiger partial charge in [-0.25, -0.2) is 0 Å². The molecule has 7 heteroatoms. The minimum absolute atomic E-state index is 0.